The lowest BCUT2D eigenvalue weighted by atomic mass is 10.4. The van der Waals surface area contributed by atoms with Crippen molar-refractivity contribution in [2.75, 3.05) is 46.6 Å². The van der Waals surface area contributed by atoms with Gasteiger partial charge in [0.15, 0.2) is 0 Å². The van der Waals surface area contributed by atoms with Crippen LogP contribution in [-0.2, 0) is 9.47 Å². The molecule has 0 unspecified atom stereocenters. The number of ether oxygens (including phenoxy) is 2. The second kappa shape index (κ2) is 12.5. The summed E-state index contributed by atoms with van der Waals surface area (Å²) in [6, 6.07) is 0. The molecule has 0 spiro atoms. The van der Waals surface area contributed by atoms with Crippen molar-refractivity contribution in [3.63, 3.8) is 0 Å². The third kappa shape index (κ3) is 11.5. The Balaban J connectivity index is 3.35. The van der Waals surface area contributed by atoms with Crippen molar-refractivity contribution in [3.05, 3.63) is 0 Å². The van der Waals surface area contributed by atoms with Crippen LogP contribution in [0.1, 0.15) is 12.8 Å². The van der Waals surface area contributed by atoms with E-state index in [1.54, 1.807) is 0 Å². The molecule has 0 aromatic rings. The first-order valence-electron chi connectivity index (χ1n) is 6.37. The van der Waals surface area contributed by atoms with Crippen molar-refractivity contribution in [1.29, 1.82) is 0 Å². The van der Waals surface area contributed by atoms with Gasteiger partial charge in [-0.15, -0.1) is 0 Å². The highest BCUT2D eigenvalue weighted by molar-refractivity contribution is 5.79. The Labute approximate surface area is 118 Å². The minimum absolute atomic E-state index is 0.164. The molecule has 0 rings (SSSR count). The van der Waals surface area contributed by atoms with Gasteiger partial charge in [-0.05, 0) is 7.05 Å². The summed E-state index contributed by atoms with van der Waals surface area (Å²) in [6.07, 6.45) is 0.828. The first-order chi connectivity index (χ1) is 9.60. The van der Waals surface area contributed by atoms with Crippen molar-refractivity contribution >= 4 is 11.7 Å². The number of rotatable bonds is 12. The molecular weight excluding hydrogens is 266 g/mol. The van der Waals surface area contributed by atoms with Gasteiger partial charge in [0.1, 0.15) is 11.7 Å². The lowest BCUT2D eigenvalue weighted by Gasteiger charge is -2.16. The maximum Gasteiger partial charge on any atom is 0.141 e. The zero-order chi connectivity index (χ0) is 15.2. The van der Waals surface area contributed by atoms with E-state index >= 15 is 0 Å². The summed E-state index contributed by atoms with van der Waals surface area (Å²) in [6.45, 7) is 3.53. The fraction of sp³-hybridized carbons (Fsp3) is 0.818. The van der Waals surface area contributed by atoms with Crippen LogP contribution in [0.2, 0.25) is 0 Å². The van der Waals surface area contributed by atoms with Crippen LogP contribution in [0.4, 0.5) is 0 Å². The van der Waals surface area contributed by atoms with Crippen LogP contribution in [0, 0.1) is 0 Å². The van der Waals surface area contributed by atoms with E-state index in [0.717, 1.165) is 13.1 Å². The van der Waals surface area contributed by atoms with E-state index in [0.29, 0.717) is 39.3 Å². The van der Waals surface area contributed by atoms with E-state index < -0.39 is 0 Å². The van der Waals surface area contributed by atoms with Crippen molar-refractivity contribution in [2.45, 2.75) is 12.8 Å². The van der Waals surface area contributed by atoms with Crippen molar-refractivity contribution in [2.24, 2.45) is 21.8 Å². The average molecular weight is 291 g/mol. The van der Waals surface area contributed by atoms with Gasteiger partial charge in [0.2, 0.25) is 0 Å². The Kier molecular flexibility index (Phi) is 11.5. The van der Waals surface area contributed by atoms with Gasteiger partial charge in [0.05, 0.1) is 26.4 Å². The Hall–Kier alpha value is -1.58. The maximum atomic E-state index is 8.33. The third-order valence-corrected chi connectivity index (χ3v) is 2.50. The topological polar surface area (TPSA) is 139 Å². The van der Waals surface area contributed by atoms with E-state index in [2.05, 4.69) is 15.2 Å². The fourth-order valence-electron chi connectivity index (χ4n) is 1.21. The van der Waals surface area contributed by atoms with Gasteiger partial charge < -0.3 is 36.3 Å². The van der Waals surface area contributed by atoms with Crippen LogP contribution in [0.15, 0.2) is 10.3 Å². The largest absolute Gasteiger partial charge is 0.409 e. The number of amidine groups is 2. The first kappa shape index (κ1) is 18.4. The summed E-state index contributed by atoms with van der Waals surface area (Å²) in [4.78, 5) is 2.06. The van der Waals surface area contributed by atoms with Gasteiger partial charge in [0.25, 0.3) is 0 Å². The van der Waals surface area contributed by atoms with Gasteiger partial charge in [-0.25, -0.2) is 0 Å². The Bertz CT molecular complexity index is 271. The molecule has 9 nitrogen and oxygen atoms in total. The highest BCUT2D eigenvalue weighted by Gasteiger charge is 2.00. The van der Waals surface area contributed by atoms with Crippen molar-refractivity contribution in [1.82, 2.24) is 4.90 Å². The van der Waals surface area contributed by atoms with Crippen LogP contribution in [0.25, 0.3) is 0 Å². The second-order valence-corrected chi connectivity index (χ2v) is 4.21. The molecule has 0 amide bonds. The number of nitrogens with two attached hydrogens (primary N) is 2. The predicted octanol–water partition coefficient (Wildman–Crippen LogP) is -0.776. The summed E-state index contributed by atoms with van der Waals surface area (Å²) in [7, 11) is 1.96. The molecule has 0 bridgehead atoms. The summed E-state index contributed by atoms with van der Waals surface area (Å²) >= 11 is 0. The molecule has 0 saturated heterocycles. The Morgan fingerprint density at radius 3 is 1.65 bits per heavy atom. The zero-order valence-corrected chi connectivity index (χ0v) is 11.9. The molecular formula is C11H25N5O4. The van der Waals surface area contributed by atoms with Gasteiger partial charge >= 0.3 is 0 Å². The number of oxime groups is 2. The minimum Gasteiger partial charge on any atom is -0.409 e. The van der Waals surface area contributed by atoms with E-state index in [4.69, 9.17) is 31.4 Å². The molecule has 0 heterocycles. The normalized spacial score (nSPS) is 13.1. The molecule has 0 aliphatic heterocycles. The van der Waals surface area contributed by atoms with E-state index in [-0.39, 0.29) is 11.7 Å². The average Bonchev–Trinajstić information content (AvgIpc) is 2.45. The van der Waals surface area contributed by atoms with E-state index in [1.165, 1.54) is 0 Å². The van der Waals surface area contributed by atoms with Crippen molar-refractivity contribution < 1.29 is 19.9 Å². The molecule has 0 aliphatic carbocycles. The van der Waals surface area contributed by atoms with Crippen LogP contribution in [0.5, 0.6) is 0 Å². The quantitative estimate of drug-likeness (QED) is 0.122. The van der Waals surface area contributed by atoms with Gasteiger partial charge in [0, 0.05) is 25.9 Å². The lowest BCUT2D eigenvalue weighted by molar-refractivity contribution is 0.0886. The third-order valence-electron chi connectivity index (χ3n) is 2.50. The van der Waals surface area contributed by atoms with Gasteiger partial charge in [-0.1, -0.05) is 10.3 Å². The highest BCUT2D eigenvalue weighted by atomic mass is 16.5. The number of nitrogens with zero attached hydrogens (tertiary/aromatic N) is 3. The summed E-state index contributed by atoms with van der Waals surface area (Å²) < 4.78 is 10.7. The van der Waals surface area contributed by atoms with Gasteiger partial charge in [-0.2, -0.15) is 0 Å². The van der Waals surface area contributed by atoms with Crippen LogP contribution in [-0.4, -0.2) is 73.6 Å². The minimum atomic E-state index is 0.164. The van der Waals surface area contributed by atoms with Gasteiger partial charge in [-0.3, -0.25) is 0 Å². The number of hydrogen-bond donors (Lipinski definition) is 4. The van der Waals surface area contributed by atoms with E-state index in [1.807, 2.05) is 7.05 Å². The monoisotopic (exact) mass is 291 g/mol. The summed E-state index contributed by atoms with van der Waals surface area (Å²) in [5, 5.41) is 22.4. The molecule has 0 radical (unpaired) electrons. The molecule has 0 aromatic carbocycles. The smallest absolute Gasteiger partial charge is 0.141 e. The first-order valence-corrected chi connectivity index (χ1v) is 6.37. The highest BCUT2D eigenvalue weighted by Crippen LogP contribution is 1.89. The van der Waals surface area contributed by atoms with Crippen LogP contribution >= 0.6 is 0 Å². The molecule has 0 aromatic heterocycles. The second-order valence-electron chi connectivity index (χ2n) is 4.21. The standard InChI is InChI=1S/C11H25N5O4/c1-16(4-8-19-6-2-10(12)14-17)5-9-20-7-3-11(13)15-18/h17-18H,2-9H2,1H3,(H2,12,14)(H2,13,15). The molecule has 9 heteroatoms. The number of likely N-dealkylation sites (N-methyl/N-ethyl adjacent to an activating group) is 1. The summed E-state index contributed by atoms with van der Waals surface area (Å²) in [5.74, 6) is 0.329. The zero-order valence-electron chi connectivity index (χ0n) is 11.9. The predicted molar refractivity (Wildman–Crippen MR) is 75.2 cm³/mol. The summed E-state index contributed by atoms with van der Waals surface area (Å²) in [5.41, 5.74) is 10.6. The molecule has 0 atom stereocenters. The van der Waals surface area contributed by atoms with Crippen LogP contribution in [0.3, 0.4) is 0 Å². The number of hydrogen-bond acceptors (Lipinski definition) is 7. The maximum absolute atomic E-state index is 8.33. The molecule has 20 heavy (non-hydrogen) atoms. The van der Waals surface area contributed by atoms with E-state index in [9.17, 15) is 0 Å². The van der Waals surface area contributed by atoms with Crippen molar-refractivity contribution in [3.8, 4) is 0 Å². The van der Waals surface area contributed by atoms with Crippen LogP contribution < -0.4 is 11.5 Å². The molecule has 0 saturated carbocycles. The molecule has 0 aliphatic rings. The molecule has 6 N–H and O–H groups in total. The molecule has 0 fully saturated rings. The Morgan fingerprint density at radius 2 is 1.30 bits per heavy atom. The molecule has 118 valence electrons. The Morgan fingerprint density at radius 1 is 0.900 bits per heavy atom. The SMILES string of the molecule is CN(CCOCC/C(N)=N/O)CCOCC/C(N)=N\O. The fourth-order valence-corrected chi connectivity index (χ4v) is 1.21. The lowest BCUT2D eigenvalue weighted by Crippen LogP contribution is -2.28.